The molecular formula is C13H12F3NO4. The molecule has 1 saturated carbocycles. The number of carbonyl (C=O) groups excluding carboxylic acids is 2. The maximum absolute atomic E-state index is 12.7. The Hall–Kier alpha value is -2.25. The van der Waals surface area contributed by atoms with Crippen LogP contribution in [0.4, 0.5) is 13.2 Å². The molecule has 5 nitrogen and oxygen atoms in total. The number of nitrogens with one attached hydrogen (secondary N) is 1. The number of aromatic hydroxyl groups is 1. The number of hydrogen-bond acceptors (Lipinski definition) is 4. The van der Waals surface area contributed by atoms with E-state index in [1.807, 2.05) is 0 Å². The number of methoxy groups -OCH3 is 1. The first-order valence-corrected chi connectivity index (χ1v) is 6.01. The molecule has 0 heterocycles. The summed E-state index contributed by atoms with van der Waals surface area (Å²) in [6.45, 7) is 0. The Balaban J connectivity index is 2.27. The summed E-state index contributed by atoms with van der Waals surface area (Å²) in [4.78, 5) is 23.5. The fraction of sp³-hybridized carbons (Fsp3) is 0.385. The van der Waals surface area contributed by atoms with Crippen LogP contribution in [-0.2, 0) is 15.7 Å². The van der Waals surface area contributed by atoms with E-state index >= 15 is 0 Å². The lowest BCUT2D eigenvalue weighted by Crippen LogP contribution is -2.43. The average Bonchev–Trinajstić information content (AvgIpc) is 3.17. The topological polar surface area (TPSA) is 75.6 Å². The van der Waals surface area contributed by atoms with Crippen LogP contribution in [-0.4, -0.2) is 29.6 Å². The molecular weight excluding hydrogens is 291 g/mol. The highest BCUT2D eigenvalue weighted by Gasteiger charge is 2.52. The summed E-state index contributed by atoms with van der Waals surface area (Å²) in [7, 11) is 1.15. The number of hydrogen-bond donors (Lipinski definition) is 2. The highest BCUT2D eigenvalue weighted by Crippen LogP contribution is 2.39. The second-order valence-corrected chi connectivity index (χ2v) is 4.73. The molecule has 8 heteroatoms. The highest BCUT2D eigenvalue weighted by atomic mass is 19.4. The quantitative estimate of drug-likeness (QED) is 0.836. The van der Waals surface area contributed by atoms with Gasteiger partial charge in [-0.3, -0.25) is 4.79 Å². The summed E-state index contributed by atoms with van der Waals surface area (Å²) >= 11 is 0. The van der Waals surface area contributed by atoms with E-state index in [0.717, 1.165) is 19.2 Å². The van der Waals surface area contributed by atoms with Crippen LogP contribution in [0.15, 0.2) is 18.2 Å². The van der Waals surface area contributed by atoms with Gasteiger partial charge in [0, 0.05) is 0 Å². The molecule has 1 aromatic carbocycles. The van der Waals surface area contributed by atoms with E-state index in [2.05, 4.69) is 10.1 Å². The van der Waals surface area contributed by atoms with Crippen molar-refractivity contribution in [2.24, 2.45) is 0 Å². The fourth-order valence-corrected chi connectivity index (χ4v) is 1.94. The van der Waals surface area contributed by atoms with E-state index in [1.165, 1.54) is 0 Å². The van der Waals surface area contributed by atoms with Gasteiger partial charge in [0.05, 0.1) is 18.2 Å². The molecule has 2 N–H and O–H groups in total. The number of phenols is 1. The van der Waals surface area contributed by atoms with Crippen molar-refractivity contribution in [3.05, 3.63) is 29.3 Å². The highest BCUT2D eigenvalue weighted by molar-refractivity contribution is 6.01. The average molecular weight is 303 g/mol. The van der Waals surface area contributed by atoms with E-state index in [9.17, 15) is 27.9 Å². The van der Waals surface area contributed by atoms with Crippen LogP contribution < -0.4 is 5.32 Å². The molecule has 0 atom stereocenters. The molecule has 1 amide bonds. The lowest BCUT2D eigenvalue weighted by atomic mass is 10.1. The van der Waals surface area contributed by atoms with Crippen molar-refractivity contribution in [2.45, 2.75) is 24.6 Å². The molecule has 2 rings (SSSR count). The van der Waals surface area contributed by atoms with Crippen LogP contribution in [0, 0.1) is 0 Å². The summed E-state index contributed by atoms with van der Waals surface area (Å²) in [6, 6.07) is 2.72. The maximum Gasteiger partial charge on any atom is 0.419 e. The fourth-order valence-electron chi connectivity index (χ4n) is 1.94. The summed E-state index contributed by atoms with van der Waals surface area (Å²) in [5.41, 5.74) is -3.05. The Labute approximate surface area is 117 Å². The second kappa shape index (κ2) is 4.94. The van der Waals surface area contributed by atoms with Crippen molar-refractivity contribution in [1.29, 1.82) is 0 Å². The predicted molar refractivity (Wildman–Crippen MR) is 64.6 cm³/mol. The molecule has 1 aromatic rings. The van der Waals surface area contributed by atoms with Gasteiger partial charge in [-0.15, -0.1) is 0 Å². The maximum atomic E-state index is 12.7. The predicted octanol–water partition coefficient (Wildman–Crippen LogP) is 1.85. The molecule has 0 bridgehead atoms. The Morgan fingerprint density at radius 2 is 1.95 bits per heavy atom. The lowest BCUT2D eigenvalue weighted by molar-refractivity contribution is -0.144. The minimum Gasteiger partial charge on any atom is -0.506 e. The van der Waals surface area contributed by atoms with Crippen LogP contribution in [0.5, 0.6) is 5.75 Å². The lowest BCUT2D eigenvalue weighted by Gasteiger charge is -2.16. The van der Waals surface area contributed by atoms with Gasteiger partial charge in [-0.2, -0.15) is 13.2 Å². The number of ether oxygens (including phenoxy) is 1. The third kappa shape index (κ3) is 2.79. The van der Waals surface area contributed by atoms with Gasteiger partial charge in [0.1, 0.15) is 11.3 Å². The van der Waals surface area contributed by atoms with Crippen molar-refractivity contribution in [3.8, 4) is 5.75 Å². The number of para-hydroxylation sites is 1. The molecule has 0 spiro atoms. The Morgan fingerprint density at radius 1 is 1.33 bits per heavy atom. The van der Waals surface area contributed by atoms with Crippen molar-refractivity contribution < 1.29 is 32.6 Å². The SMILES string of the molecule is COC(=O)C1(NC(=O)c2cccc(C(F)(F)F)c2O)CC1. The van der Waals surface area contributed by atoms with Crippen molar-refractivity contribution in [1.82, 2.24) is 5.32 Å². The van der Waals surface area contributed by atoms with E-state index in [0.29, 0.717) is 18.9 Å². The van der Waals surface area contributed by atoms with E-state index in [4.69, 9.17) is 0 Å². The van der Waals surface area contributed by atoms with Crippen LogP contribution in [0.25, 0.3) is 0 Å². The number of benzene rings is 1. The van der Waals surface area contributed by atoms with Crippen molar-refractivity contribution in [3.63, 3.8) is 0 Å². The summed E-state index contributed by atoms with van der Waals surface area (Å²) < 4.78 is 42.5. The number of halogens is 3. The van der Waals surface area contributed by atoms with Gasteiger partial charge in [0.2, 0.25) is 0 Å². The van der Waals surface area contributed by atoms with Gasteiger partial charge >= 0.3 is 12.1 Å². The monoisotopic (exact) mass is 303 g/mol. The second-order valence-electron chi connectivity index (χ2n) is 4.73. The van der Waals surface area contributed by atoms with Gasteiger partial charge in [0.25, 0.3) is 5.91 Å². The Morgan fingerprint density at radius 3 is 2.43 bits per heavy atom. The molecule has 1 fully saturated rings. The van der Waals surface area contributed by atoms with Crippen LogP contribution >= 0.6 is 0 Å². The zero-order valence-corrected chi connectivity index (χ0v) is 11.0. The van der Waals surface area contributed by atoms with Gasteiger partial charge in [0.15, 0.2) is 0 Å². The van der Waals surface area contributed by atoms with Crippen LogP contribution in [0.3, 0.4) is 0 Å². The molecule has 1 aliphatic carbocycles. The number of carbonyl (C=O) groups is 2. The molecule has 0 aromatic heterocycles. The van der Waals surface area contributed by atoms with E-state index in [-0.39, 0.29) is 0 Å². The third-order valence-corrected chi connectivity index (χ3v) is 3.26. The zero-order valence-electron chi connectivity index (χ0n) is 11.0. The van der Waals surface area contributed by atoms with Crippen molar-refractivity contribution >= 4 is 11.9 Å². The molecule has 21 heavy (non-hydrogen) atoms. The first-order chi connectivity index (χ1) is 9.71. The Bertz CT molecular complexity index is 594. The van der Waals surface area contributed by atoms with Gasteiger partial charge < -0.3 is 15.2 Å². The van der Waals surface area contributed by atoms with Crippen molar-refractivity contribution in [2.75, 3.05) is 7.11 Å². The number of amides is 1. The first kappa shape index (κ1) is 15.1. The standard InChI is InChI=1S/C13H12F3NO4/c1-21-11(20)12(5-6-12)17-10(19)7-3-2-4-8(9(7)18)13(14,15)16/h2-4,18H,5-6H2,1H3,(H,17,19). The number of esters is 1. The normalized spacial score (nSPS) is 16.2. The molecule has 0 unspecified atom stereocenters. The van der Waals surface area contributed by atoms with E-state index < -0.39 is 40.5 Å². The third-order valence-electron chi connectivity index (χ3n) is 3.26. The smallest absolute Gasteiger partial charge is 0.419 e. The molecule has 0 saturated heterocycles. The van der Waals surface area contributed by atoms with Gasteiger partial charge in [-0.1, -0.05) is 6.07 Å². The van der Waals surface area contributed by atoms with Gasteiger partial charge in [-0.25, -0.2) is 4.79 Å². The minimum absolute atomic E-state index is 0.338. The molecule has 114 valence electrons. The van der Waals surface area contributed by atoms with Crippen LogP contribution in [0.2, 0.25) is 0 Å². The van der Waals surface area contributed by atoms with Gasteiger partial charge in [-0.05, 0) is 25.0 Å². The molecule has 0 aliphatic heterocycles. The number of rotatable bonds is 3. The molecule has 0 radical (unpaired) electrons. The Kier molecular flexibility index (Phi) is 3.56. The van der Waals surface area contributed by atoms with E-state index in [1.54, 1.807) is 0 Å². The largest absolute Gasteiger partial charge is 0.506 e. The zero-order chi connectivity index (χ0) is 15.8. The summed E-state index contributed by atoms with van der Waals surface area (Å²) in [5, 5.41) is 11.9. The number of alkyl halides is 3. The summed E-state index contributed by atoms with van der Waals surface area (Å²) in [6.07, 6.45) is -4.10. The first-order valence-electron chi connectivity index (χ1n) is 6.01. The number of phenolic OH excluding ortho intramolecular Hbond substituents is 1. The van der Waals surface area contributed by atoms with Crippen LogP contribution in [0.1, 0.15) is 28.8 Å². The minimum atomic E-state index is -4.78. The molecule has 1 aliphatic rings. The summed E-state index contributed by atoms with van der Waals surface area (Å²) in [5.74, 6) is -2.79.